The van der Waals surface area contributed by atoms with Crippen LogP contribution in [0.2, 0.25) is 0 Å². The highest BCUT2D eigenvalue weighted by atomic mass is 19.4. The van der Waals surface area contributed by atoms with Crippen LogP contribution in [-0.4, -0.2) is 49.7 Å². The van der Waals surface area contributed by atoms with Crippen LogP contribution < -0.4 is 10.2 Å². The number of pyridine rings is 1. The summed E-state index contributed by atoms with van der Waals surface area (Å²) in [7, 11) is 1.85. The largest absolute Gasteiger partial charge is 0.416 e. The number of aryl methyl sites for hydroxylation is 2. The summed E-state index contributed by atoms with van der Waals surface area (Å²) in [5.74, 6) is 1.17. The number of hydrogen-bond donors (Lipinski definition) is 1. The van der Waals surface area contributed by atoms with Gasteiger partial charge in [-0.05, 0) is 85.2 Å². The van der Waals surface area contributed by atoms with Gasteiger partial charge >= 0.3 is 6.18 Å². The molecule has 1 amide bonds. The molecule has 2 aliphatic rings. The summed E-state index contributed by atoms with van der Waals surface area (Å²) in [6, 6.07) is 14.8. The van der Waals surface area contributed by atoms with Crippen LogP contribution >= 0.6 is 0 Å². The smallest absolute Gasteiger partial charge is 0.370 e. The standard InChI is InChI=1S/C37H41F3N8O/c1-23(2)32-9-5-8-14-47(32)20-25-16-29-30(31(17-25)37(38,39)40)21-48(36(29)49)34-19-26(18-33(44-34)42-13-7-6-12-41)28-15-24(3)10-11-27(28)35-45-43-22-46(35)4/h10-11,15-19,22-23,32H,5-9,13-14,20-21H2,1-4H3,(H,42,44)/t32-/m1/s1. The molecule has 4 aromatic rings. The minimum absolute atomic E-state index is 0.0358. The van der Waals surface area contributed by atoms with Crippen molar-refractivity contribution in [3.8, 4) is 28.6 Å². The second kappa shape index (κ2) is 14.0. The third-order valence-corrected chi connectivity index (χ3v) is 9.52. The Balaban J connectivity index is 1.42. The average molecular weight is 671 g/mol. The second-order valence-corrected chi connectivity index (χ2v) is 13.4. The zero-order valence-corrected chi connectivity index (χ0v) is 28.3. The van der Waals surface area contributed by atoms with Gasteiger partial charge in [-0.15, -0.1) is 10.2 Å². The monoisotopic (exact) mass is 670 g/mol. The first-order valence-corrected chi connectivity index (χ1v) is 16.8. The Morgan fingerprint density at radius 3 is 2.61 bits per heavy atom. The lowest BCUT2D eigenvalue weighted by Gasteiger charge is -2.38. The highest BCUT2D eigenvalue weighted by molar-refractivity contribution is 6.10. The Labute approximate surface area is 284 Å². The van der Waals surface area contributed by atoms with Crippen LogP contribution in [0.4, 0.5) is 24.8 Å². The SMILES string of the molecule is Cc1ccc(-c2nncn2C)c(-c2cc(NCCCC#N)nc(N3Cc4c(cc(CN5CCCC[C@@H]5C(C)C)cc4C(F)(F)F)C3=O)c2)c1. The molecule has 49 heavy (non-hydrogen) atoms. The van der Waals surface area contributed by atoms with Crippen LogP contribution in [0.25, 0.3) is 22.5 Å². The van der Waals surface area contributed by atoms with E-state index in [1.165, 1.54) is 11.0 Å². The molecule has 2 aliphatic heterocycles. The van der Waals surface area contributed by atoms with E-state index in [9.17, 15) is 18.0 Å². The molecule has 1 atom stereocenters. The number of alkyl halides is 3. The number of rotatable bonds is 10. The molecule has 12 heteroatoms. The van der Waals surface area contributed by atoms with Crippen LogP contribution in [0, 0.1) is 24.2 Å². The van der Waals surface area contributed by atoms with Crippen molar-refractivity contribution in [2.24, 2.45) is 13.0 Å². The van der Waals surface area contributed by atoms with E-state index < -0.39 is 17.6 Å². The fourth-order valence-electron chi connectivity index (χ4n) is 7.10. The second-order valence-electron chi connectivity index (χ2n) is 13.4. The molecule has 9 nitrogen and oxygen atoms in total. The fraction of sp³-hybridized carbons (Fsp3) is 0.432. The third kappa shape index (κ3) is 7.17. The van der Waals surface area contributed by atoms with E-state index in [1.807, 2.05) is 42.8 Å². The molecule has 0 aliphatic carbocycles. The first kappa shape index (κ1) is 34.1. The van der Waals surface area contributed by atoms with Gasteiger partial charge in [0.2, 0.25) is 0 Å². The van der Waals surface area contributed by atoms with Crippen LogP contribution in [0.3, 0.4) is 0 Å². The molecule has 0 bridgehead atoms. The number of carbonyl (C=O) groups is 1. The lowest BCUT2D eigenvalue weighted by Crippen LogP contribution is -2.42. The maximum atomic E-state index is 14.7. The van der Waals surface area contributed by atoms with Crippen molar-refractivity contribution in [2.45, 2.75) is 78.2 Å². The number of anilines is 2. The Bertz CT molecular complexity index is 1890. The Kier molecular flexibility index (Phi) is 9.75. The number of carbonyl (C=O) groups excluding carboxylic acids is 1. The summed E-state index contributed by atoms with van der Waals surface area (Å²) in [6.45, 7) is 7.64. The van der Waals surface area contributed by atoms with E-state index in [0.717, 1.165) is 42.5 Å². The molecule has 4 heterocycles. The van der Waals surface area contributed by atoms with Gasteiger partial charge in [-0.25, -0.2) is 4.98 Å². The predicted octanol–water partition coefficient (Wildman–Crippen LogP) is 7.76. The van der Waals surface area contributed by atoms with E-state index >= 15 is 0 Å². The lowest BCUT2D eigenvalue weighted by molar-refractivity contribution is -0.138. The molecular formula is C37H41F3N8O. The minimum atomic E-state index is -4.63. The van der Waals surface area contributed by atoms with E-state index in [-0.39, 0.29) is 29.5 Å². The van der Waals surface area contributed by atoms with Gasteiger partial charge in [-0.1, -0.05) is 44.0 Å². The topological polar surface area (TPSA) is 103 Å². The number of nitrogens with one attached hydrogen (secondary N) is 1. The number of unbranched alkanes of at least 4 members (excludes halogenated alkanes) is 1. The summed E-state index contributed by atoms with van der Waals surface area (Å²) < 4.78 is 45.8. The molecule has 1 fully saturated rings. The van der Waals surface area contributed by atoms with Crippen molar-refractivity contribution in [3.05, 3.63) is 76.6 Å². The average Bonchev–Trinajstić information content (AvgIpc) is 3.64. The zero-order valence-electron chi connectivity index (χ0n) is 28.3. The maximum absolute atomic E-state index is 14.7. The number of likely N-dealkylation sites (tertiary alicyclic amines) is 1. The number of nitrogens with zero attached hydrogens (tertiary/aromatic N) is 7. The van der Waals surface area contributed by atoms with Gasteiger partial charge in [0.25, 0.3) is 5.91 Å². The predicted molar refractivity (Wildman–Crippen MR) is 183 cm³/mol. The summed E-state index contributed by atoms with van der Waals surface area (Å²) in [5, 5.41) is 20.6. The molecular weight excluding hydrogens is 629 g/mol. The highest BCUT2D eigenvalue weighted by Crippen LogP contribution is 2.41. The van der Waals surface area contributed by atoms with Crippen LogP contribution in [0.5, 0.6) is 0 Å². The molecule has 256 valence electrons. The molecule has 1 N–H and O–H groups in total. The summed E-state index contributed by atoms with van der Waals surface area (Å²) in [6.07, 6.45) is 1.02. The summed E-state index contributed by atoms with van der Waals surface area (Å²) in [5.41, 5.74) is 3.05. The van der Waals surface area contributed by atoms with Gasteiger partial charge in [0.1, 0.15) is 18.0 Å². The van der Waals surface area contributed by atoms with E-state index in [0.29, 0.717) is 54.6 Å². The van der Waals surface area contributed by atoms with Crippen molar-refractivity contribution in [1.29, 1.82) is 5.26 Å². The first-order valence-electron chi connectivity index (χ1n) is 16.8. The van der Waals surface area contributed by atoms with Gasteiger partial charge in [0.15, 0.2) is 5.82 Å². The number of hydrogen-bond acceptors (Lipinski definition) is 7. The minimum Gasteiger partial charge on any atom is -0.370 e. The van der Waals surface area contributed by atoms with Gasteiger partial charge in [0, 0.05) is 43.7 Å². The Morgan fingerprint density at radius 1 is 1.08 bits per heavy atom. The third-order valence-electron chi connectivity index (χ3n) is 9.52. The molecule has 0 spiro atoms. The van der Waals surface area contributed by atoms with Crippen molar-refractivity contribution in [1.82, 2.24) is 24.6 Å². The number of aromatic nitrogens is 4. The van der Waals surface area contributed by atoms with Crippen molar-refractivity contribution >= 4 is 17.5 Å². The molecule has 2 aromatic carbocycles. The number of piperidine rings is 1. The number of benzene rings is 2. The molecule has 0 unspecified atom stereocenters. The lowest BCUT2D eigenvalue weighted by atomic mass is 9.91. The summed E-state index contributed by atoms with van der Waals surface area (Å²) >= 11 is 0. The van der Waals surface area contributed by atoms with Crippen LogP contribution in [0.1, 0.15) is 78.6 Å². The zero-order chi connectivity index (χ0) is 34.9. The van der Waals surface area contributed by atoms with Gasteiger partial charge < -0.3 is 9.88 Å². The maximum Gasteiger partial charge on any atom is 0.416 e. The molecule has 0 radical (unpaired) electrons. The van der Waals surface area contributed by atoms with Gasteiger partial charge in [0.05, 0.1) is 18.2 Å². The van der Waals surface area contributed by atoms with E-state index in [4.69, 9.17) is 10.2 Å². The van der Waals surface area contributed by atoms with Gasteiger partial charge in [-0.3, -0.25) is 14.6 Å². The van der Waals surface area contributed by atoms with Crippen LogP contribution in [0.15, 0.2) is 48.8 Å². The van der Waals surface area contributed by atoms with E-state index in [2.05, 4.69) is 40.3 Å². The molecule has 1 saturated heterocycles. The number of amides is 1. The van der Waals surface area contributed by atoms with Crippen molar-refractivity contribution in [2.75, 3.05) is 23.3 Å². The number of halogens is 3. The quantitative estimate of drug-likeness (QED) is 0.172. The molecule has 0 saturated carbocycles. The highest BCUT2D eigenvalue weighted by Gasteiger charge is 2.41. The fourth-order valence-corrected chi connectivity index (χ4v) is 7.10. The number of fused-ring (bicyclic) bond motifs is 1. The Morgan fingerprint density at radius 2 is 1.90 bits per heavy atom. The Hall–Kier alpha value is -4.76. The summed E-state index contributed by atoms with van der Waals surface area (Å²) in [4.78, 5) is 22.5. The first-order chi connectivity index (χ1) is 23.4. The number of nitriles is 1. The van der Waals surface area contributed by atoms with E-state index in [1.54, 1.807) is 18.5 Å². The van der Waals surface area contributed by atoms with Gasteiger partial charge in [-0.2, -0.15) is 18.4 Å². The molecule has 2 aromatic heterocycles. The van der Waals surface area contributed by atoms with Crippen LogP contribution in [-0.2, 0) is 26.3 Å². The molecule has 6 rings (SSSR count). The van der Waals surface area contributed by atoms with Crippen molar-refractivity contribution < 1.29 is 18.0 Å². The van der Waals surface area contributed by atoms with Crippen molar-refractivity contribution in [3.63, 3.8) is 0 Å². The normalized spacial score (nSPS) is 16.7.